The van der Waals surface area contributed by atoms with Crippen LogP contribution in [0, 0.1) is 23.2 Å². The first-order valence-corrected chi connectivity index (χ1v) is 8.04. The van der Waals surface area contributed by atoms with Crippen molar-refractivity contribution >= 4 is 0 Å². The normalized spacial score (nSPS) is 39.5. The molecule has 20 heavy (non-hydrogen) atoms. The third-order valence-electron chi connectivity index (χ3n) is 5.74. The van der Waals surface area contributed by atoms with Gasteiger partial charge >= 0.3 is 0 Å². The van der Waals surface area contributed by atoms with Gasteiger partial charge in [-0.3, -0.25) is 0 Å². The summed E-state index contributed by atoms with van der Waals surface area (Å²) in [7, 11) is 0. The Morgan fingerprint density at radius 3 is 2.15 bits per heavy atom. The number of nitrogens with zero attached hydrogens (tertiary/aromatic N) is 2. The third-order valence-corrected chi connectivity index (χ3v) is 5.74. The van der Waals surface area contributed by atoms with E-state index in [1.54, 1.807) is 0 Å². The molecular formula is C16H25N3O. The summed E-state index contributed by atoms with van der Waals surface area (Å²) in [5.74, 6) is 4.34. The topological polar surface area (TPSA) is 64.9 Å². The Morgan fingerprint density at radius 1 is 1.15 bits per heavy atom. The van der Waals surface area contributed by atoms with E-state index in [1.807, 2.05) is 13.8 Å². The largest absolute Gasteiger partial charge is 0.339 e. The van der Waals surface area contributed by atoms with E-state index in [0.29, 0.717) is 11.2 Å². The Labute approximate surface area is 120 Å². The van der Waals surface area contributed by atoms with Crippen LogP contribution < -0.4 is 5.73 Å². The molecule has 4 heteroatoms. The molecule has 0 saturated heterocycles. The van der Waals surface area contributed by atoms with Gasteiger partial charge in [0.15, 0.2) is 5.82 Å². The van der Waals surface area contributed by atoms with E-state index < -0.39 is 5.54 Å². The minimum atomic E-state index is -0.511. The maximum absolute atomic E-state index is 6.05. The minimum absolute atomic E-state index is 0.456. The van der Waals surface area contributed by atoms with Crippen LogP contribution in [-0.2, 0) is 12.0 Å². The van der Waals surface area contributed by atoms with Crippen LogP contribution >= 0.6 is 0 Å². The molecule has 2 N–H and O–H groups in total. The van der Waals surface area contributed by atoms with Gasteiger partial charge < -0.3 is 10.3 Å². The van der Waals surface area contributed by atoms with Gasteiger partial charge in [-0.15, -0.1) is 0 Å². The van der Waals surface area contributed by atoms with Gasteiger partial charge in [0.25, 0.3) is 0 Å². The SMILES string of the molecule is CC(C)(N)c1noc(CC23CC4CC(CC(C4)C2)C3)n1. The summed E-state index contributed by atoms with van der Waals surface area (Å²) in [6.07, 6.45) is 9.53. The van der Waals surface area contributed by atoms with Crippen molar-refractivity contribution in [1.29, 1.82) is 0 Å². The Bertz CT molecular complexity index is 479. The summed E-state index contributed by atoms with van der Waals surface area (Å²) >= 11 is 0. The zero-order chi connectivity index (χ0) is 14.0. The van der Waals surface area contributed by atoms with Crippen LogP contribution in [-0.4, -0.2) is 10.1 Å². The first-order valence-electron chi connectivity index (χ1n) is 8.04. The molecule has 5 rings (SSSR count). The van der Waals surface area contributed by atoms with E-state index in [4.69, 9.17) is 10.3 Å². The molecule has 1 heterocycles. The number of nitrogens with two attached hydrogens (primary N) is 1. The lowest BCUT2D eigenvalue weighted by atomic mass is 9.49. The summed E-state index contributed by atoms with van der Waals surface area (Å²) in [6.45, 7) is 3.85. The smallest absolute Gasteiger partial charge is 0.227 e. The molecule has 0 aromatic carbocycles. The molecule has 4 saturated carbocycles. The van der Waals surface area contributed by atoms with Gasteiger partial charge in [0.1, 0.15) is 0 Å². The van der Waals surface area contributed by atoms with Crippen LogP contribution in [0.5, 0.6) is 0 Å². The summed E-state index contributed by atoms with van der Waals surface area (Å²) in [4.78, 5) is 4.55. The number of hydrogen-bond donors (Lipinski definition) is 1. The highest BCUT2D eigenvalue weighted by molar-refractivity contribution is 5.06. The predicted octanol–water partition coefficient (Wildman–Crippen LogP) is 3.02. The van der Waals surface area contributed by atoms with Crippen LogP contribution in [0.15, 0.2) is 4.52 Å². The maximum Gasteiger partial charge on any atom is 0.227 e. The number of rotatable bonds is 3. The fourth-order valence-corrected chi connectivity index (χ4v) is 5.42. The average molecular weight is 275 g/mol. The lowest BCUT2D eigenvalue weighted by Crippen LogP contribution is -2.47. The van der Waals surface area contributed by atoms with Gasteiger partial charge in [-0.25, -0.2) is 0 Å². The fraction of sp³-hybridized carbons (Fsp3) is 0.875. The standard InChI is InChI=1S/C16H25N3O/c1-15(2,17)14-18-13(20-19-14)9-16-6-10-3-11(7-16)5-12(4-10)8-16/h10-12H,3-9,17H2,1-2H3. The van der Waals surface area contributed by atoms with Crippen molar-refractivity contribution in [3.63, 3.8) is 0 Å². The Kier molecular flexibility index (Phi) is 2.60. The second kappa shape index (κ2) is 4.06. The highest BCUT2D eigenvalue weighted by Gasteiger charge is 2.51. The van der Waals surface area contributed by atoms with Crippen molar-refractivity contribution in [3.05, 3.63) is 11.7 Å². The molecule has 0 atom stereocenters. The molecule has 0 aliphatic heterocycles. The van der Waals surface area contributed by atoms with Crippen molar-refractivity contribution in [1.82, 2.24) is 10.1 Å². The molecule has 0 spiro atoms. The summed E-state index contributed by atoms with van der Waals surface area (Å²) in [5.41, 5.74) is 5.99. The lowest BCUT2D eigenvalue weighted by Gasteiger charge is -2.56. The van der Waals surface area contributed by atoms with Gasteiger partial charge in [0, 0.05) is 6.42 Å². The molecule has 4 aliphatic carbocycles. The number of aromatic nitrogens is 2. The zero-order valence-electron chi connectivity index (χ0n) is 12.6. The van der Waals surface area contributed by atoms with Gasteiger partial charge in [-0.05, 0) is 75.5 Å². The van der Waals surface area contributed by atoms with E-state index in [2.05, 4.69) is 10.1 Å². The van der Waals surface area contributed by atoms with Gasteiger partial charge in [0.05, 0.1) is 5.54 Å². The highest BCUT2D eigenvalue weighted by atomic mass is 16.5. The Hall–Kier alpha value is -0.900. The molecule has 4 bridgehead atoms. The van der Waals surface area contributed by atoms with Gasteiger partial charge in [0.2, 0.25) is 5.89 Å². The summed E-state index contributed by atoms with van der Waals surface area (Å²) in [6, 6.07) is 0. The second-order valence-electron chi connectivity index (χ2n) is 8.33. The molecule has 0 radical (unpaired) electrons. The third kappa shape index (κ3) is 2.09. The summed E-state index contributed by atoms with van der Waals surface area (Å²) < 4.78 is 5.49. The molecule has 4 aliphatic rings. The molecule has 110 valence electrons. The monoisotopic (exact) mass is 275 g/mol. The first kappa shape index (κ1) is 12.8. The quantitative estimate of drug-likeness (QED) is 0.921. The van der Waals surface area contributed by atoms with Crippen molar-refractivity contribution in [2.75, 3.05) is 0 Å². The molecule has 4 fully saturated rings. The first-order chi connectivity index (χ1) is 9.42. The molecule has 1 aromatic rings. The molecule has 1 aromatic heterocycles. The van der Waals surface area contributed by atoms with Gasteiger partial charge in [-0.1, -0.05) is 5.16 Å². The maximum atomic E-state index is 6.05. The summed E-state index contributed by atoms with van der Waals surface area (Å²) in [5, 5.41) is 4.07. The van der Waals surface area contributed by atoms with Crippen LogP contribution in [0.4, 0.5) is 0 Å². The fourth-order valence-electron chi connectivity index (χ4n) is 5.42. The number of hydrogen-bond acceptors (Lipinski definition) is 4. The highest BCUT2D eigenvalue weighted by Crippen LogP contribution is 2.60. The molecular weight excluding hydrogens is 250 g/mol. The minimum Gasteiger partial charge on any atom is -0.339 e. The predicted molar refractivity (Wildman–Crippen MR) is 75.8 cm³/mol. The Morgan fingerprint density at radius 2 is 1.70 bits per heavy atom. The van der Waals surface area contributed by atoms with E-state index in [0.717, 1.165) is 30.1 Å². The van der Waals surface area contributed by atoms with E-state index in [1.165, 1.54) is 38.5 Å². The molecule has 4 nitrogen and oxygen atoms in total. The Balaban J connectivity index is 1.55. The molecule has 0 unspecified atom stereocenters. The van der Waals surface area contributed by atoms with Crippen LogP contribution in [0.3, 0.4) is 0 Å². The van der Waals surface area contributed by atoms with Crippen LogP contribution in [0.25, 0.3) is 0 Å². The van der Waals surface area contributed by atoms with Crippen molar-refractivity contribution < 1.29 is 4.52 Å². The molecule has 0 amide bonds. The second-order valence-corrected chi connectivity index (χ2v) is 8.33. The van der Waals surface area contributed by atoms with E-state index >= 15 is 0 Å². The van der Waals surface area contributed by atoms with Crippen LogP contribution in [0.2, 0.25) is 0 Å². The zero-order valence-corrected chi connectivity index (χ0v) is 12.6. The van der Waals surface area contributed by atoms with Gasteiger partial charge in [-0.2, -0.15) is 4.98 Å². The average Bonchev–Trinajstić information content (AvgIpc) is 2.74. The van der Waals surface area contributed by atoms with Crippen molar-refractivity contribution in [2.45, 2.75) is 64.3 Å². The van der Waals surface area contributed by atoms with Crippen LogP contribution in [0.1, 0.15) is 64.1 Å². The van der Waals surface area contributed by atoms with Crippen molar-refractivity contribution in [2.24, 2.45) is 28.9 Å². The lowest BCUT2D eigenvalue weighted by molar-refractivity contribution is -0.0556. The van der Waals surface area contributed by atoms with Crippen molar-refractivity contribution in [3.8, 4) is 0 Å². The van der Waals surface area contributed by atoms with E-state index in [-0.39, 0.29) is 0 Å². The van der Waals surface area contributed by atoms with E-state index in [9.17, 15) is 0 Å².